The van der Waals surface area contributed by atoms with Gasteiger partial charge in [0.25, 0.3) is 0 Å². The second kappa shape index (κ2) is 10.5. The molecule has 0 aromatic heterocycles. The molecule has 1 fully saturated rings. The largest absolute Gasteiger partial charge is 0.486 e. The predicted octanol–water partition coefficient (Wildman–Crippen LogP) is 3.74. The fourth-order valence-corrected chi connectivity index (χ4v) is 4.93. The third-order valence-corrected chi connectivity index (χ3v) is 6.66. The van der Waals surface area contributed by atoms with Crippen molar-refractivity contribution in [1.29, 1.82) is 0 Å². The summed E-state index contributed by atoms with van der Waals surface area (Å²) in [6, 6.07) is 12.2. The number of benzene rings is 2. The Balaban J connectivity index is 1.11. The van der Waals surface area contributed by atoms with Crippen LogP contribution in [0.4, 0.5) is 0 Å². The van der Waals surface area contributed by atoms with Gasteiger partial charge in [0.05, 0.1) is 0 Å². The molecule has 34 heavy (non-hydrogen) atoms. The van der Waals surface area contributed by atoms with Crippen LogP contribution in [-0.4, -0.2) is 74.5 Å². The van der Waals surface area contributed by atoms with Crippen molar-refractivity contribution in [3.05, 3.63) is 72.8 Å². The minimum Gasteiger partial charge on any atom is -0.486 e. The average molecular weight is 463 g/mol. The van der Waals surface area contributed by atoms with Crippen LogP contribution in [-0.2, 0) is 12.8 Å². The van der Waals surface area contributed by atoms with Gasteiger partial charge in [0.15, 0.2) is 23.0 Å². The van der Waals surface area contributed by atoms with Crippen LogP contribution in [0.5, 0.6) is 23.0 Å². The minimum absolute atomic E-state index is 0.0416. The molecule has 0 amide bonds. The van der Waals surface area contributed by atoms with Crippen molar-refractivity contribution in [2.24, 2.45) is 0 Å². The lowest BCUT2D eigenvalue weighted by Crippen LogP contribution is -2.53. The van der Waals surface area contributed by atoms with Gasteiger partial charge in [-0.05, 0) is 25.0 Å². The third-order valence-electron chi connectivity index (χ3n) is 6.66. The maximum Gasteiger partial charge on any atom is 0.165 e. The Hall–Kier alpha value is -2.96. The molecule has 0 bridgehead atoms. The van der Waals surface area contributed by atoms with Crippen LogP contribution in [0.15, 0.2) is 61.7 Å². The van der Waals surface area contributed by atoms with Gasteiger partial charge in [-0.25, -0.2) is 0 Å². The Bertz CT molecular complexity index is 934. The number of ether oxygens (including phenoxy) is 4. The van der Waals surface area contributed by atoms with E-state index in [-0.39, 0.29) is 12.2 Å². The van der Waals surface area contributed by atoms with Gasteiger partial charge in [-0.15, -0.1) is 13.2 Å². The van der Waals surface area contributed by atoms with Crippen LogP contribution in [0, 0.1) is 0 Å². The molecule has 0 aliphatic carbocycles. The van der Waals surface area contributed by atoms with Crippen LogP contribution in [0.25, 0.3) is 0 Å². The van der Waals surface area contributed by atoms with E-state index < -0.39 is 0 Å². The second-order valence-electron chi connectivity index (χ2n) is 9.18. The van der Waals surface area contributed by atoms with Crippen molar-refractivity contribution < 1.29 is 18.9 Å². The molecule has 6 heteroatoms. The highest BCUT2D eigenvalue weighted by Crippen LogP contribution is 2.37. The van der Waals surface area contributed by atoms with E-state index in [0.29, 0.717) is 13.2 Å². The van der Waals surface area contributed by atoms with Crippen molar-refractivity contribution >= 4 is 0 Å². The molecule has 2 aromatic carbocycles. The first-order valence-corrected chi connectivity index (χ1v) is 12.2. The molecule has 0 saturated carbocycles. The van der Waals surface area contributed by atoms with Crippen LogP contribution in [0.1, 0.15) is 11.1 Å². The van der Waals surface area contributed by atoms with Crippen LogP contribution in [0.3, 0.4) is 0 Å². The molecular formula is C28H34N2O4. The quantitative estimate of drug-likeness (QED) is 0.557. The first-order chi connectivity index (χ1) is 16.7. The molecule has 3 aliphatic rings. The summed E-state index contributed by atoms with van der Waals surface area (Å²) in [5.41, 5.74) is 2.27. The molecule has 0 N–H and O–H groups in total. The molecule has 3 heterocycles. The maximum absolute atomic E-state index is 6.36. The smallest absolute Gasteiger partial charge is 0.165 e. The highest BCUT2D eigenvalue weighted by Gasteiger charge is 2.29. The summed E-state index contributed by atoms with van der Waals surface area (Å²) in [6.45, 7) is 14.7. The van der Waals surface area contributed by atoms with E-state index in [1.165, 1.54) is 0 Å². The molecule has 2 atom stereocenters. The Morgan fingerprint density at radius 2 is 1.15 bits per heavy atom. The number of fused-ring (bicyclic) bond motifs is 2. The standard InChI is InChI=1S/C28H34N2O4/c1-3-7-21-9-5-11-25-27(21)33-23(19-31-25)17-29-13-15-30(16-14-29)18-24-20-32-26-12-6-10-22(8-4-2)28(26)34-24/h3-6,9-12,23-24H,1-2,7-8,13-20H2/t23-,24-/m1/s1. The number of hydrogen-bond donors (Lipinski definition) is 0. The lowest BCUT2D eigenvalue weighted by atomic mass is 10.1. The number of rotatable bonds is 8. The van der Waals surface area contributed by atoms with Crippen molar-refractivity contribution in [3.63, 3.8) is 0 Å². The molecule has 180 valence electrons. The first-order valence-electron chi connectivity index (χ1n) is 12.2. The van der Waals surface area contributed by atoms with Gasteiger partial charge >= 0.3 is 0 Å². The Morgan fingerprint density at radius 3 is 1.56 bits per heavy atom. The lowest BCUT2D eigenvalue weighted by molar-refractivity contribution is 0.0195. The van der Waals surface area contributed by atoms with E-state index in [4.69, 9.17) is 18.9 Å². The van der Waals surface area contributed by atoms with E-state index in [9.17, 15) is 0 Å². The number of para-hydroxylation sites is 2. The normalized spacial score (nSPS) is 22.2. The zero-order chi connectivity index (χ0) is 23.3. The van der Waals surface area contributed by atoms with E-state index in [1.54, 1.807) is 0 Å². The van der Waals surface area contributed by atoms with E-state index in [2.05, 4.69) is 35.1 Å². The number of allylic oxidation sites excluding steroid dienone is 2. The SMILES string of the molecule is C=CCc1cccc2c1O[C@H](CN1CCN(C[C@@H]3COc4cccc(CC=C)c4O3)CC1)CO2. The Labute approximate surface area is 202 Å². The zero-order valence-corrected chi connectivity index (χ0v) is 19.8. The summed E-state index contributed by atoms with van der Waals surface area (Å²) in [5.74, 6) is 3.44. The van der Waals surface area contributed by atoms with Crippen LogP contribution >= 0.6 is 0 Å². The fraction of sp³-hybridized carbons (Fsp3) is 0.429. The van der Waals surface area contributed by atoms with Crippen LogP contribution < -0.4 is 18.9 Å². The highest BCUT2D eigenvalue weighted by molar-refractivity contribution is 5.49. The summed E-state index contributed by atoms with van der Waals surface area (Å²) < 4.78 is 24.7. The predicted molar refractivity (Wildman–Crippen MR) is 133 cm³/mol. The molecule has 6 nitrogen and oxygen atoms in total. The van der Waals surface area contributed by atoms with Crippen molar-refractivity contribution in [2.45, 2.75) is 25.0 Å². The minimum atomic E-state index is 0.0416. The Kier molecular flexibility index (Phi) is 7.07. The molecule has 5 rings (SSSR count). The van der Waals surface area contributed by atoms with E-state index >= 15 is 0 Å². The van der Waals surface area contributed by atoms with Gasteiger partial charge < -0.3 is 18.9 Å². The zero-order valence-electron chi connectivity index (χ0n) is 19.8. The molecule has 3 aliphatic heterocycles. The molecule has 0 spiro atoms. The summed E-state index contributed by atoms with van der Waals surface area (Å²) >= 11 is 0. The van der Waals surface area contributed by atoms with Gasteiger partial charge in [0.2, 0.25) is 0 Å². The van der Waals surface area contributed by atoms with Gasteiger partial charge in [-0.2, -0.15) is 0 Å². The van der Waals surface area contributed by atoms with Crippen molar-refractivity contribution in [3.8, 4) is 23.0 Å². The molecule has 1 saturated heterocycles. The van der Waals surface area contributed by atoms with E-state index in [1.807, 2.05) is 36.4 Å². The van der Waals surface area contributed by atoms with Crippen molar-refractivity contribution in [1.82, 2.24) is 9.80 Å². The number of piperazine rings is 1. The topological polar surface area (TPSA) is 43.4 Å². The summed E-state index contributed by atoms with van der Waals surface area (Å²) in [4.78, 5) is 4.95. The average Bonchev–Trinajstić information content (AvgIpc) is 2.86. The van der Waals surface area contributed by atoms with Gasteiger partial charge in [-0.1, -0.05) is 36.4 Å². The first kappa shape index (κ1) is 22.8. The molecular weight excluding hydrogens is 428 g/mol. The summed E-state index contributed by atoms with van der Waals surface area (Å²) in [5, 5.41) is 0. The maximum atomic E-state index is 6.36. The van der Waals surface area contributed by atoms with Crippen LogP contribution in [0.2, 0.25) is 0 Å². The Morgan fingerprint density at radius 1 is 0.706 bits per heavy atom. The van der Waals surface area contributed by atoms with Crippen molar-refractivity contribution in [2.75, 3.05) is 52.5 Å². The van der Waals surface area contributed by atoms with Gasteiger partial charge in [0, 0.05) is 50.4 Å². The number of hydrogen-bond acceptors (Lipinski definition) is 6. The summed E-state index contributed by atoms with van der Waals surface area (Å²) in [6.07, 6.45) is 5.46. The van der Waals surface area contributed by atoms with E-state index in [0.717, 1.165) is 86.2 Å². The lowest BCUT2D eigenvalue weighted by Gasteiger charge is -2.39. The van der Waals surface area contributed by atoms with Gasteiger partial charge in [0.1, 0.15) is 25.4 Å². The second-order valence-corrected chi connectivity index (χ2v) is 9.18. The monoisotopic (exact) mass is 462 g/mol. The number of nitrogens with zero attached hydrogens (tertiary/aromatic N) is 2. The molecule has 0 unspecified atom stereocenters. The summed E-state index contributed by atoms with van der Waals surface area (Å²) in [7, 11) is 0. The highest BCUT2D eigenvalue weighted by atomic mass is 16.6. The third kappa shape index (κ3) is 5.08. The van der Waals surface area contributed by atoms with Gasteiger partial charge in [-0.3, -0.25) is 9.80 Å². The molecule has 0 radical (unpaired) electrons. The fourth-order valence-electron chi connectivity index (χ4n) is 4.93. The molecule has 2 aromatic rings.